The zero-order valence-electron chi connectivity index (χ0n) is 8.76. The van der Waals surface area contributed by atoms with Crippen LogP contribution in [0.2, 0.25) is 0 Å². The molecular formula is C9H17N5O. The number of carbonyl (C=O) groups excluding carboxylic acids is 1. The fraction of sp³-hybridized carbons (Fsp3) is 0.556. The molecule has 15 heavy (non-hydrogen) atoms. The Bertz CT molecular complexity index is 297. The van der Waals surface area contributed by atoms with E-state index >= 15 is 0 Å². The summed E-state index contributed by atoms with van der Waals surface area (Å²) in [5.41, 5.74) is 10.5. The minimum absolute atomic E-state index is 0.190. The average molecular weight is 211 g/mol. The van der Waals surface area contributed by atoms with Gasteiger partial charge in [-0.15, -0.1) is 0 Å². The number of nitrogens with zero attached hydrogens (tertiary/aromatic N) is 2. The minimum Gasteiger partial charge on any atom is -0.368 e. The molecular weight excluding hydrogens is 194 g/mol. The average Bonchev–Trinajstić information content (AvgIpc) is 2.66. The van der Waals surface area contributed by atoms with E-state index in [1.807, 2.05) is 23.9 Å². The Morgan fingerprint density at radius 3 is 2.93 bits per heavy atom. The lowest BCUT2D eigenvalue weighted by Gasteiger charge is -2.15. The summed E-state index contributed by atoms with van der Waals surface area (Å²) in [7, 11) is 0. The molecule has 2 unspecified atom stereocenters. The fourth-order valence-electron chi connectivity index (χ4n) is 1.18. The third-order valence-electron chi connectivity index (χ3n) is 2.07. The predicted octanol–water partition coefficient (Wildman–Crippen LogP) is -1.33. The molecule has 1 heterocycles. The molecule has 84 valence electrons. The molecule has 0 fully saturated rings. The first-order chi connectivity index (χ1) is 7.09. The van der Waals surface area contributed by atoms with Crippen molar-refractivity contribution in [2.45, 2.75) is 25.6 Å². The summed E-state index contributed by atoms with van der Waals surface area (Å²) < 4.78 is 1.81. The van der Waals surface area contributed by atoms with Gasteiger partial charge in [0.2, 0.25) is 5.91 Å². The van der Waals surface area contributed by atoms with Crippen molar-refractivity contribution in [1.82, 2.24) is 15.1 Å². The molecule has 0 aromatic carbocycles. The summed E-state index contributed by atoms with van der Waals surface area (Å²) in [6.07, 6.45) is 3.61. The maximum atomic E-state index is 10.7. The van der Waals surface area contributed by atoms with Crippen LogP contribution in [-0.4, -0.2) is 34.3 Å². The second kappa shape index (κ2) is 5.47. The van der Waals surface area contributed by atoms with Gasteiger partial charge in [0.05, 0.1) is 12.6 Å². The van der Waals surface area contributed by atoms with Gasteiger partial charge in [-0.3, -0.25) is 9.48 Å². The van der Waals surface area contributed by atoms with Gasteiger partial charge in [0.15, 0.2) is 0 Å². The van der Waals surface area contributed by atoms with Crippen LogP contribution in [0.25, 0.3) is 0 Å². The van der Waals surface area contributed by atoms with Crippen LogP contribution in [0.4, 0.5) is 0 Å². The van der Waals surface area contributed by atoms with Crippen molar-refractivity contribution in [3.63, 3.8) is 0 Å². The molecule has 0 radical (unpaired) electrons. The van der Waals surface area contributed by atoms with Crippen LogP contribution in [0.5, 0.6) is 0 Å². The van der Waals surface area contributed by atoms with Gasteiger partial charge in [0.1, 0.15) is 0 Å². The molecule has 6 nitrogen and oxygen atoms in total. The maximum Gasteiger partial charge on any atom is 0.235 e. The Morgan fingerprint density at radius 1 is 1.67 bits per heavy atom. The lowest BCUT2D eigenvalue weighted by molar-refractivity contribution is -0.119. The van der Waals surface area contributed by atoms with Crippen molar-refractivity contribution in [3.05, 3.63) is 18.5 Å². The summed E-state index contributed by atoms with van der Waals surface area (Å²) in [6, 6.07) is 1.42. The topological polar surface area (TPSA) is 99.0 Å². The van der Waals surface area contributed by atoms with Crippen LogP contribution in [0.3, 0.4) is 0 Å². The molecule has 2 atom stereocenters. The molecule has 0 aliphatic rings. The standard InChI is InChI=1S/C9H17N5O/c1-7(6-14-4-2-3-13-14)12-5-8(10)9(11)15/h2-4,7-8,12H,5-6,10H2,1H3,(H2,11,15). The number of nitrogens with two attached hydrogens (primary N) is 2. The second-order valence-corrected chi connectivity index (χ2v) is 3.55. The molecule has 0 aliphatic carbocycles. The van der Waals surface area contributed by atoms with Crippen LogP contribution < -0.4 is 16.8 Å². The van der Waals surface area contributed by atoms with Crippen molar-refractivity contribution < 1.29 is 4.79 Å². The third kappa shape index (κ3) is 4.09. The quantitative estimate of drug-likeness (QED) is 0.543. The monoisotopic (exact) mass is 211 g/mol. The Balaban J connectivity index is 2.25. The van der Waals surface area contributed by atoms with E-state index in [9.17, 15) is 4.79 Å². The Morgan fingerprint density at radius 2 is 2.40 bits per heavy atom. The van der Waals surface area contributed by atoms with Crippen molar-refractivity contribution in [2.24, 2.45) is 11.5 Å². The molecule has 1 aromatic heterocycles. The van der Waals surface area contributed by atoms with E-state index in [0.717, 1.165) is 6.54 Å². The third-order valence-corrected chi connectivity index (χ3v) is 2.07. The smallest absolute Gasteiger partial charge is 0.235 e. The van der Waals surface area contributed by atoms with E-state index in [1.165, 1.54) is 0 Å². The highest BCUT2D eigenvalue weighted by atomic mass is 16.1. The Labute approximate surface area is 88.6 Å². The van der Waals surface area contributed by atoms with Crippen LogP contribution in [-0.2, 0) is 11.3 Å². The number of nitrogens with one attached hydrogen (secondary N) is 1. The maximum absolute atomic E-state index is 10.7. The Hall–Kier alpha value is -1.40. The molecule has 0 aliphatic heterocycles. The van der Waals surface area contributed by atoms with E-state index in [4.69, 9.17) is 11.5 Å². The number of aromatic nitrogens is 2. The first-order valence-electron chi connectivity index (χ1n) is 4.85. The van der Waals surface area contributed by atoms with Gasteiger partial charge in [0.25, 0.3) is 0 Å². The predicted molar refractivity (Wildman–Crippen MR) is 56.9 cm³/mol. The van der Waals surface area contributed by atoms with Gasteiger partial charge < -0.3 is 16.8 Å². The van der Waals surface area contributed by atoms with Crippen LogP contribution >= 0.6 is 0 Å². The van der Waals surface area contributed by atoms with Gasteiger partial charge in [-0.1, -0.05) is 0 Å². The lowest BCUT2D eigenvalue weighted by atomic mass is 10.2. The zero-order valence-corrected chi connectivity index (χ0v) is 8.76. The van der Waals surface area contributed by atoms with Gasteiger partial charge >= 0.3 is 0 Å². The largest absolute Gasteiger partial charge is 0.368 e. The normalized spacial score (nSPS) is 14.8. The van der Waals surface area contributed by atoms with E-state index in [-0.39, 0.29) is 6.04 Å². The number of rotatable bonds is 6. The van der Waals surface area contributed by atoms with Crippen LogP contribution in [0.15, 0.2) is 18.5 Å². The number of hydrogen-bond acceptors (Lipinski definition) is 4. The minimum atomic E-state index is -0.634. The zero-order chi connectivity index (χ0) is 11.3. The van der Waals surface area contributed by atoms with Crippen LogP contribution in [0.1, 0.15) is 6.92 Å². The molecule has 0 saturated carbocycles. The van der Waals surface area contributed by atoms with E-state index in [1.54, 1.807) is 6.20 Å². The number of carbonyl (C=O) groups is 1. The Kier molecular flexibility index (Phi) is 4.26. The summed E-state index contributed by atoms with van der Waals surface area (Å²) >= 11 is 0. The van der Waals surface area contributed by atoms with Gasteiger partial charge in [-0.25, -0.2) is 0 Å². The number of primary amides is 1. The van der Waals surface area contributed by atoms with Crippen molar-refractivity contribution in [2.75, 3.05) is 6.54 Å². The summed E-state index contributed by atoms with van der Waals surface area (Å²) in [4.78, 5) is 10.7. The summed E-state index contributed by atoms with van der Waals surface area (Å²) in [6.45, 7) is 3.12. The molecule has 0 saturated heterocycles. The first-order valence-corrected chi connectivity index (χ1v) is 4.85. The van der Waals surface area contributed by atoms with Crippen LogP contribution in [0, 0.1) is 0 Å². The van der Waals surface area contributed by atoms with Crippen molar-refractivity contribution >= 4 is 5.91 Å². The second-order valence-electron chi connectivity index (χ2n) is 3.55. The number of amides is 1. The number of hydrogen-bond donors (Lipinski definition) is 3. The molecule has 5 N–H and O–H groups in total. The lowest BCUT2D eigenvalue weighted by Crippen LogP contribution is -2.47. The van der Waals surface area contributed by atoms with Crippen molar-refractivity contribution in [1.29, 1.82) is 0 Å². The first kappa shape index (κ1) is 11.7. The fourth-order valence-corrected chi connectivity index (χ4v) is 1.18. The summed E-state index contributed by atoms with van der Waals surface area (Å²) in [5.74, 6) is -0.492. The van der Waals surface area contributed by atoms with E-state index in [0.29, 0.717) is 6.54 Å². The molecule has 1 amide bonds. The van der Waals surface area contributed by atoms with E-state index < -0.39 is 11.9 Å². The molecule has 6 heteroatoms. The van der Waals surface area contributed by atoms with Gasteiger partial charge in [-0.2, -0.15) is 5.10 Å². The molecule has 1 rings (SSSR count). The highest BCUT2D eigenvalue weighted by molar-refractivity contribution is 5.79. The molecule has 0 spiro atoms. The highest BCUT2D eigenvalue weighted by Gasteiger charge is 2.10. The summed E-state index contributed by atoms with van der Waals surface area (Å²) in [5, 5.41) is 7.19. The van der Waals surface area contributed by atoms with Crippen molar-refractivity contribution in [3.8, 4) is 0 Å². The van der Waals surface area contributed by atoms with Gasteiger partial charge in [0, 0.05) is 25.0 Å². The molecule has 1 aromatic rings. The van der Waals surface area contributed by atoms with E-state index in [2.05, 4.69) is 10.4 Å². The molecule has 0 bridgehead atoms. The highest BCUT2D eigenvalue weighted by Crippen LogP contribution is 1.90. The SMILES string of the molecule is CC(Cn1cccn1)NCC(N)C(N)=O. The van der Waals surface area contributed by atoms with Gasteiger partial charge in [-0.05, 0) is 13.0 Å².